The molecule has 0 radical (unpaired) electrons. The van der Waals surface area contributed by atoms with E-state index in [2.05, 4.69) is 38.3 Å². The molecule has 2 bridgehead atoms. The maximum atomic E-state index is 13.7. The lowest BCUT2D eigenvalue weighted by Crippen LogP contribution is -2.65. The number of carbonyl (C=O) groups is 3. The van der Waals surface area contributed by atoms with Crippen LogP contribution in [0.3, 0.4) is 0 Å². The van der Waals surface area contributed by atoms with Crippen molar-refractivity contribution >= 4 is 25.0 Å². The Labute approximate surface area is 254 Å². The zero-order valence-corrected chi connectivity index (χ0v) is 27.3. The van der Waals surface area contributed by atoms with E-state index >= 15 is 0 Å². The minimum Gasteiger partial charge on any atom is -0.444 e. The molecule has 238 valence electrons. The number of rotatable bonds is 13. The summed E-state index contributed by atoms with van der Waals surface area (Å²) in [6.07, 6.45) is 12.1. The van der Waals surface area contributed by atoms with Crippen LogP contribution in [0.2, 0.25) is 0 Å². The summed E-state index contributed by atoms with van der Waals surface area (Å²) >= 11 is 0. The van der Waals surface area contributed by atoms with Crippen LogP contribution in [0, 0.1) is 17.3 Å². The first kappa shape index (κ1) is 33.1. The maximum absolute atomic E-state index is 13.7. The quantitative estimate of drug-likeness (QED) is 0.220. The van der Waals surface area contributed by atoms with E-state index in [1.807, 2.05) is 0 Å². The Morgan fingerprint density at radius 1 is 1.05 bits per heavy atom. The number of alkyl carbamates (subject to hydrolysis) is 1. The van der Waals surface area contributed by atoms with Gasteiger partial charge in [0, 0.05) is 6.54 Å². The van der Waals surface area contributed by atoms with Crippen LogP contribution >= 0.6 is 0 Å². The summed E-state index contributed by atoms with van der Waals surface area (Å²) in [6.45, 7) is 14.8. The molecule has 0 aromatic carbocycles. The third-order valence-electron chi connectivity index (χ3n) is 10.4. The van der Waals surface area contributed by atoms with Gasteiger partial charge < -0.3 is 29.6 Å². The fourth-order valence-electron chi connectivity index (χ4n) is 7.85. The molecule has 5 aliphatic rings. The van der Waals surface area contributed by atoms with Crippen molar-refractivity contribution in [3.05, 3.63) is 0 Å². The van der Waals surface area contributed by atoms with Crippen LogP contribution in [-0.2, 0) is 23.6 Å². The topological polar surface area (TPSA) is 106 Å². The predicted octanol–water partition coefficient (Wildman–Crippen LogP) is 5.40. The zero-order chi connectivity index (χ0) is 30.7. The Morgan fingerprint density at radius 3 is 2.40 bits per heavy atom. The summed E-state index contributed by atoms with van der Waals surface area (Å²) in [5.74, 6) is 0.396. The highest BCUT2D eigenvalue weighted by Crippen LogP contribution is 2.65. The highest BCUT2D eigenvalue weighted by atomic mass is 16.7. The van der Waals surface area contributed by atoms with Crippen LogP contribution in [-0.4, -0.2) is 72.3 Å². The van der Waals surface area contributed by atoms with E-state index in [0.29, 0.717) is 24.8 Å². The Balaban J connectivity index is 1.37. The monoisotopic (exact) mass is 589 g/mol. The van der Waals surface area contributed by atoms with Gasteiger partial charge in [0.1, 0.15) is 18.2 Å². The van der Waals surface area contributed by atoms with Crippen molar-refractivity contribution in [1.29, 1.82) is 0 Å². The Bertz CT molecular complexity index is 970. The van der Waals surface area contributed by atoms with E-state index in [1.165, 1.54) is 38.5 Å². The molecule has 0 spiro atoms. The second-order valence-electron chi connectivity index (χ2n) is 15.0. The van der Waals surface area contributed by atoms with Gasteiger partial charge in [-0.15, -0.1) is 0 Å². The molecule has 3 aliphatic carbocycles. The van der Waals surface area contributed by atoms with Gasteiger partial charge >= 0.3 is 13.2 Å². The predicted molar refractivity (Wildman–Crippen MR) is 164 cm³/mol. The number of amides is 3. The van der Waals surface area contributed by atoms with Crippen molar-refractivity contribution in [2.24, 2.45) is 17.3 Å². The molecule has 6 unspecified atom stereocenters. The van der Waals surface area contributed by atoms with Crippen LogP contribution in [0.15, 0.2) is 0 Å². The average Bonchev–Trinajstić information content (AvgIpc) is 3.54. The molecular formula is C32H56BN3O6. The Hall–Kier alpha value is -1.81. The second-order valence-corrected chi connectivity index (χ2v) is 15.0. The highest BCUT2D eigenvalue weighted by molar-refractivity contribution is 6.47. The maximum Gasteiger partial charge on any atom is 0.481 e. The van der Waals surface area contributed by atoms with E-state index in [0.717, 1.165) is 32.1 Å². The molecule has 2 heterocycles. The van der Waals surface area contributed by atoms with Gasteiger partial charge in [-0.25, -0.2) is 4.79 Å². The van der Waals surface area contributed by atoms with E-state index in [-0.39, 0.29) is 41.4 Å². The molecule has 3 saturated carbocycles. The molecule has 0 aromatic heterocycles. The highest BCUT2D eigenvalue weighted by Gasteiger charge is 2.68. The van der Waals surface area contributed by atoms with Gasteiger partial charge in [-0.2, -0.15) is 0 Å². The second kappa shape index (κ2) is 13.5. The van der Waals surface area contributed by atoms with E-state index in [1.54, 1.807) is 25.7 Å². The average molecular weight is 590 g/mol. The first-order valence-corrected chi connectivity index (χ1v) is 16.7. The smallest absolute Gasteiger partial charge is 0.444 e. The van der Waals surface area contributed by atoms with Crippen LogP contribution in [0.25, 0.3) is 0 Å². The van der Waals surface area contributed by atoms with Crippen molar-refractivity contribution in [3.63, 3.8) is 0 Å². The minimum absolute atomic E-state index is 0.0520. The lowest BCUT2D eigenvalue weighted by molar-refractivity contribution is -0.199. The van der Waals surface area contributed by atoms with E-state index < -0.39 is 24.9 Å². The number of unbranched alkanes of at least 4 members (excludes halogenated alkanes) is 6. The Morgan fingerprint density at radius 2 is 1.74 bits per heavy atom. The number of likely N-dealkylation sites (tertiary alicyclic amines) is 1. The summed E-state index contributed by atoms with van der Waals surface area (Å²) in [6, 6.07) is -0.569. The van der Waals surface area contributed by atoms with Gasteiger partial charge in [-0.05, 0) is 77.0 Å². The molecule has 10 heteroatoms. The summed E-state index contributed by atoms with van der Waals surface area (Å²) in [5.41, 5.74) is -0.740. The number of carbonyl (C=O) groups excluding carboxylic acids is 3. The SMILES string of the molecule is CCCCCCCCCC(NC(=O)C1CCCN1C(=O)CNC(=O)OC(C)(C)C)B1OC2CC3CC(C3(C)C)C2(C)O1. The third-order valence-corrected chi connectivity index (χ3v) is 10.4. The van der Waals surface area contributed by atoms with Gasteiger partial charge in [0.05, 0.1) is 17.6 Å². The fourth-order valence-corrected chi connectivity index (χ4v) is 7.85. The molecule has 2 N–H and O–H groups in total. The first-order valence-electron chi connectivity index (χ1n) is 16.7. The fraction of sp³-hybridized carbons (Fsp3) is 0.906. The van der Waals surface area contributed by atoms with Crippen molar-refractivity contribution in [3.8, 4) is 0 Å². The van der Waals surface area contributed by atoms with Crippen LogP contribution in [0.5, 0.6) is 0 Å². The third kappa shape index (κ3) is 7.45. The molecule has 2 saturated heterocycles. The first-order chi connectivity index (χ1) is 19.8. The van der Waals surface area contributed by atoms with E-state index in [4.69, 9.17) is 14.0 Å². The van der Waals surface area contributed by atoms with Gasteiger partial charge in [-0.1, -0.05) is 65.7 Å². The van der Waals surface area contributed by atoms with Gasteiger partial charge in [0.15, 0.2) is 0 Å². The molecular weight excluding hydrogens is 533 g/mol. The lowest BCUT2D eigenvalue weighted by Gasteiger charge is -2.64. The summed E-state index contributed by atoms with van der Waals surface area (Å²) in [7, 11) is -0.487. The number of nitrogens with one attached hydrogen (secondary N) is 2. The van der Waals surface area contributed by atoms with Crippen LogP contribution < -0.4 is 10.6 Å². The number of hydrogen-bond acceptors (Lipinski definition) is 6. The molecule has 6 atom stereocenters. The number of nitrogens with zero attached hydrogens (tertiary/aromatic N) is 1. The molecule has 2 aliphatic heterocycles. The molecule has 0 aromatic rings. The summed E-state index contributed by atoms with van der Waals surface area (Å²) in [5, 5.41) is 5.81. The van der Waals surface area contributed by atoms with Gasteiger partial charge in [0.25, 0.3) is 0 Å². The van der Waals surface area contributed by atoms with Gasteiger partial charge in [-0.3, -0.25) is 9.59 Å². The standard InChI is InChI=1S/C32H56BN3O6/c1-8-9-10-11-12-13-14-17-26(33-41-25-20-22-19-24(31(22,5)6)32(25,7)42-33)35-28(38)23-16-15-18-36(23)27(37)21-34-29(39)40-30(2,3)4/h22-26H,8-21H2,1-7H3,(H,34,39)(H,35,38). The normalized spacial score (nSPS) is 30.4. The molecule has 3 amide bonds. The summed E-state index contributed by atoms with van der Waals surface area (Å²) in [4.78, 5) is 40.4. The largest absolute Gasteiger partial charge is 0.481 e. The lowest BCUT2D eigenvalue weighted by atomic mass is 9.43. The number of ether oxygens (including phenoxy) is 1. The van der Waals surface area contributed by atoms with Crippen LogP contribution in [0.4, 0.5) is 4.79 Å². The van der Waals surface area contributed by atoms with Crippen molar-refractivity contribution < 1.29 is 28.4 Å². The molecule has 42 heavy (non-hydrogen) atoms. The number of hydrogen-bond donors (Lipinski definition) is 2. The minimum atomic E-state index is -0.650. The molecule has 5 rings (SSSR count). The molecule has 9 nitrogen and oxygen atoms in total. The van der Waals surface area contributed by atoms with Gasteiger partial charge in [0.2, 0.25) is 11.8 Å². The zero-order valence-electron chi connectivity index (χ0n) is 27.3. The van der Waals surface area contributed by atoms with Crippen molar-refractivity contribution in [2.45, 2.75) is 155 Å². The summed E-state index contributed by atoms with van der Waals surface area (Å²) < 4.78 is 18.6. The van der Waals surface area contributed by atoms with E-state index in [9.17, 15) is 14.4 Å². The van der Waals surface area contributed by atoms with Crippen LogP contribution in [0.1, 0.15) is 126 Å². The van der Waals surface area contributed by atoms with Crippen molar-refractivity contribution in [2.75, 3.05) is 13.1 Å². The Kier molecular flexibility index (Phi) is 10.6. The molecule has 5 fully saturated rings. The van der Waals surface area contributed by atoms with Crippen molar-refractivity contribution in [1.82, 2.24) is 15.5 Å².